The van der Waals surface area contributed by atoms with Gasteiger partial charge in [0.2, 0.25) is 5.91 Å². The number of amides is 2. The number of hydrogen-bond acceptors (Lipinski definition) is 4. The predicted molar refractivity (Wildman–Crippen MR) is 91.7 cm³/mol. The Bertz CT molecular complexity index is 783. The molecule has 2 aromatic rings. The first kappa shape index (κ1) is 15.9. The van der Waals surface area contributed by atoms with Gasteiger partial charge in [-0.3, -0.25) is 14.6 Å². The zero-order chi connectivity index (χ0) is 16.9. The monoisotopic (exact) mass is 322 g/mol. The Morgan fingerprint density at radius 1 is 1.17 bits per heavy atom. The fraction of sp³-hybridized carbons (Fsp3) is 0.222. The van der Waals surface area contributed by atoms with Crippen LogP contribution in [-0.4, -0.2) is 22.5 Å². The van der Waals surface area contributed by atoms with Crippen molar-refractivity contribution < 1.29 is 9.59 Å². The number of rotatable bonds is 5. The van der Waals surface area contributed by atoms with E-state index in [1.54, 1.807) is 25.3 Å². The summed E-state index contributed by atoms with van der Waals surface area (Å²) in [6, 6.07) is 10.8. The van der Waals surface area contributed by atoms with Gasteiger partial charge < -0.3 is 5.32 Å². The van der Waals surface area contributed by atoms with Gasteiger partial charge in [-0.15, -0.1) is 0 Å². The molecule has 0 spiro atoms. The molecule has 1 heterocycles. The van der Waals surface area contributed by atoms with Crippen LogP contribution in [0.15, 0.2) is 53.9 Å². The van der Waals surface area contributed by atoms with Crippen LogP contribution in [0.5, 0.6) is 0 Å². The minimum absolute atomic E-state index is 0.0617. The SMILES string of the molecule is C/C(=N\NC(=O)c1cccnc1)c1cccc(NC(=O)C2CC2)c1. The molecule has 0 atom stereocenters. The molecule has 1 fully saturated rings. The first-order valence-electron chi connectivity index (χ1n) is 7.79. The smallest absolute Gasteiger partial charge is 0.272 e. The Balaban J connectivity index is 1.66. The molecular formula is C18H18N4O2. The molecule has 0 bridgehead atoms. The fourth-order valence-corrected chi connectivity index (χ4v) is 2.17. The van der Waals surface area contributed by atoms with Crippen molar-refractivity contribution in [1.29, 1.82) is 0 Å². The Labute approximate surface area is 140 Å². The minimum atomic E-state index is -0.319. The molecule has 1 aromatic heterocycles. The highest BCUT2D eigenvalue weighted by molar-refractivity contribution is 6.02. The zero-order valence-corrected chi connectivity index (χ0v) is 13.3. The van der Waals surface area contributed by atoms with E-state index in [1.165, 1.54) is 6.20 Å². The summed E-state index contributed by atoms with van der Waals surface area (Å²) >= 11 is 0. The first-order chi connectivity index (χ1) is 11.6. The van der Waals surface area contributed by atoms with Crippen LogP contribution >= 0.6 is 0 Å². The Morgan fingerprint density at radius 3 is 2.67 bits per heavy atom. The molecular weight excluding hydrogens is 304 g/mol. The molecule has 24 heavy (non-hydrogen) atoms. The van der Waals surface area contributed by atoms with Gasteiger partial charge in [-0.1, -0.05) is 12.1 Å². The fourth-order valence-electron chi connectivity index (χ4n) is 2.17. The number of nitrogens with one attached hydrogen (secondary N) is 2. The van der Waals surface area contributed by atoms with Gasteiger partial charge >= 0.3 is 0 Å². The largest absolute Gasteiger partial charge is 0.326 e. The van der Waals surface area contributed by atoms with Crippen LogP contribution in [0, 0.1) is 5.92 Å². The lowest BCUT2D eigenvalue weighted by Crippen LogP contribution is -2.19. The van der Waals surface area contributed by atoms with Gasteiger partial charge in [0.15, 0.2) is 0 Å². The van der Waals surface area contributed by atoms with Gasteiger partial charge in [0.05, 0.1) is 11.3 Å². The maximum Gasteiger partial charge on any atom is 0.272 e. The summed E-state index contributed by atoms with van der Waals surface area (Å²) in [4.78, 5) is 27.7. The van der Waals surface area contributed by atoms with Crippen LogP contribution in [0.25, 0.3) is 0 Å². The third kappa shape index (κ3) is 4.04. The quantitative estimate of drug-likeness (QED) is 0.655. The van der Waals surface area contributed by atoms with E-state index in [-0.39, 0.29) is 17.7 Å². The third-order valence-corrected chi connectivity index (χ3v) is 3.74. The first-order valence-corrected chi connectivity index (χ1v) is 7.79. The second kappa shape index (κ2) is 7.04. The minimum Gasteiger partial charge on any atom is -0.326 e. The van der Waals surface area contributed by atoms with E-state index in [2.05, 4.69) is 20.8 Å². The summed E-state index contributed by atoms with van der Waals surface area (Å²) in [6.07, 6.45) is 5.01. The van der Waals surface area contributed by atoms with Crippen molar-refractivity contribution in [3.05, 3.63) is 59.9 Å². The molecule has 3 rings (SSSR count). The maximum absolute atomic E-state index is 12.0. The van der Waals surface area contributed by atoms with Gasteiger partial charge in [0.25, 0.3) is 5.91 Å². The lowest BCUT2D eigenvalue weighted by molar-refractivity contribution is -0.117. The number of anilines is 1. The second-order valence-corrected chi connectivity index (χ2v) is 5.72. The highest BCUT2D eigenvalue weighted by Crippen LogP contribution is 2.30. The number of pyridine rings is 1. The molecule has 2 N–H and O–H groups in total. The van der Waals surface area contributed by atoms with Gasteiger partial charge in [-0.05, 0) is 49.6 Å². The van der Waals surface area contributed by atoms with E-state index >= 15 is 0 Å². The highest BCUT2D eigenvalue weighted by atomic mass is 16.2. The molecule has 0 unspecified atom stereocenters. The second-order valence-electron chi connectivity index (χ2n) is 5.72. The van der Waals surface area contributed by atoms with Crippen molar-refractivity contribution in [1.82, 2.24) is 10.4 Å². The lowest BCUT2D eigenvalue weighted by Gasteiger charge is -2.07. The van der Waals surface area contributed by atoms with E-state index in [0.717, 1.165) is 24.1 Å². The van der Waals surface area contributed by atoms with Crippen molar-refractivity contribution >= 4 is 23.2 Å². The van der Waals surface area contributed by atoms with E-state index in [4.69, 9.17) is 0 Å². The molecule has 0 saturated heterocycles. The highest BCUT2D eigenvalue weighted by Gasteiger charge is 2.29. The summed E-state index contributed by atoms with van der Waals surface area (Å²) in [7, 11) is 0. The van der Waals surface area contributed by atoms with Crippen LogP contribution in [0.4, 0.5) is 5.69 Å². The molecule has 2 amide bonds. The Kier molecular flexibility index (Phi) is 4.65. The molecule has 1 aliphatic carbocycles. The van der Waals surface area contributed by atoms with Crippen molar-refractivity contribution in [2.45, 2.75) is 19.8 Å². The van der Waals surface area contributed by atoms with Crippen LogP contribution in [0.1, 0.15) is 35.7 Å². The molecule has 1 saturated carbocycles. The third-order valence-electron chi connectivity index (χ3n) is 3.74. The zero-order valence-electron chi connectivity index (χ0n) is 13.3. The van der Waals surface area contributed by atoms with Gasteiger partial charge in [-0.25, -0.2) is 5.43 Å². The number of hydrazone groups is 1. The van der Waals surface area contributed by atoms with Crippen LogP contribution < -0.4 is 10.7 Å². The molecule has 6 heteroatoms. The topological polar surface area (TPSA) is 83.4 Å². The number of benzene rings is 1. The summed E-state index contributed by atoms with van der Waals surface area (Å²) in [5.74, 6) is -0.102. The number of carbonyl (C=O) groups is 2. The maximum atomic E-state index is 12.0. The predicted octanol–water partition coefficient (Wildman–Crippen LogP) is 2.58. The van der Waals surface area contributed by atoms with E-state index < -0.39 is 0 Å². The molecule has 0 aliphatic heterocycles. The van der Waals surface area contributed by atoms with E-state index in [1.807, 2.05) is 24.3 Å². The lowest BCUT2D eigenvalue weighted by atomic mass is 10.1. The number of hydrogen-bond donors (Lipinski definition) is 2. The Morgan fingerprint density at radius 2 is 1.96 bits per heavy atom. The van der Waals surface area contributed by atoms with E-state index in [0.29, 0.717) is 11.3 Å². The molecule has 6 nitrogen and oxygen atoms in total. The average Bonchev–Trinajstić information content (AvgIpc) is 3.45. The van der Waals surface area contributed by atoms with Crippen molar-refractivity contribution in [2.24, 2.45) is 11.0 Å². The molecule has 0 radical (unpaired) electrons. The van der Waals surface area contributed by atoms with Crippen LogP contribution in [-0.2, 0) is 4.79 Å². The summed E-state index contributed by atoms with van der Waals surface area (Å²) < 4.78 is 0. The van der Waals surface area contributed by atoms with Gasteiger partial charge in [0.1, 0.15) is 0 Å². The molecule has 122 valence electrons. The van der Waals surface area contributed by atoms with Crippen molar-refractivity contribution in [3.8, 4) is 0 Å². The average molecular weight is 322 g/mol. The number of aromatic nitrogens is 1. The van der Waals surface area contributed by atoms with Crippen molar-refractivity contribution in [2.75, 3.05) is 5.32 Å². The summed E-state index contributed by atoms with van der Waals surface area (Å²) in [6.45, 7) is 1.80. The van der Waals surface area contributed by atoms with Crippen LogP contribution in [0.2, 0.25) is 0 Å². The van der Waals surface area contributed by atoms with E-state index in [9.17, 15) is 9.59 Å². The molecule has 1 aliphatic rings. The normalized spacial score (nSPS) is 14.1. The number of nitrogens with zero attached hydrogens (tertiary/aromatic N) is 2. The van der Waals surface area contributed by atoms with Crippen molar-refractivity contribution in [3.63, 3.8) is 0 Å². The van der Waals surface area contributed by atoms with Gasteiger partial charge in [0, 0.05) is 24.0 Å². The number of carbonyl (C=O) groups excluding carboxylic acids is 2. The summed E-state index contributed by atoms with van der Waals surface area (Å²) in [5.41, 5.74) is 5.16. The Hall–Kier alpha value is -3.02. The summed E-state index contributed by atoms with van der Waals surface area (Å²) in [5, 5.41) is 7.02. The van der Waals surface area contributed by atoms with Crippen LogP contribution in [0.3, 0.4) is 0 Å². The standard InChI is InChI=1S/C18H18N4O2/c1-12(21-22-18(24)15-5-3-9-19-11-15)14-4-2-6-16(10-14)20-17(23)13-7-8-13/h2-6,9-11,13H,7-8H2,1H3,(H,20,23)(H,22,24)/b21-12+. The van der Waals surface area contributed by atoms with Gasteiger partial charge in [-0.2, -0.15) is 5.10 Å². The molecule has 1 aromatic carbocycles.